The minimum Gasteiger partial charge on any atom is -0.344 e. The van der Waals surface area contributed by atoms with E-state index < -0.39 is 0 Å². The van der Waals surface area contributed by atoms with Crippen LogP contribution in [-0.4, -0.2) is 98.5 Å². The normalized spacial score (nSPS) is 26.2. The number of hydrogen-bond donors (Lipinski definition) is 0. The lowest BCUT2D eigenvalue weighted by Crippen LogP contribution is -2.46. The molecule has 0 saturated carbocycles. The van der Waals surface area contributed by atoms with E-state index in [4.69, 9.17) is 0 Å². The summed E-state index contributed by atoms with van der Waals surface area (Å²) in [6.07, 6.45) is 3.51. The van der Waals surface area contributed by atoms with Gasteiger partial charge in [-0.1, -0.05) is 0 Å². The maximum atomic E-state index is 12.0. The van der Waals surface area contributed by atoms with Crippen molar-refractivity contribution in [3.63, 3.8) is 0 Å². The molecule has 0 aromatic rings. The molecule has 0 aromatic carbocycles. The van der Waals surface area contributed by atoms with Gasteiger partial charge in [0.05, 0.1) is 6.04 Å². The Morgan fingerprint density at radius 2 is 1.60 bits per heavy atom. The fraction of sp³-hybridized carbons (Fsp3) is 0.933. The molecule has 2 rings (SSSR count). The average Bonchev–Trinajstić information content (AvgIpc) is 2.77. The highest BCUT2D eigenvalue weighted by Gasteiger charge is 2.32. The molecule has 2 fully saturated rings. The molecule has 2 heterocycles. The number of hydrogen-bond acceptors (Lipinski definition) is 4. The van der Waals surface area contributed by atoms with Crippen molar-refractivity contribution in [1.82, 2.24) is 19.6 Å². The zero-order valence-corrected chi connectivity index (χ0v) is 13.5. The Labute approximate surface area is 123 Å². The van der Waals surface area contributed by atoms with E-state index in [1.165, 1.54) is 25.9 Å². The number of piperidine rings is 1. The van der Waals surface area contributed by atoms with Crippen LogP contribution in [0.5, 0.6) is 0 Å². The second-order valence-corrected chi connectivity index (χ2v) is 6.56. The lowest BCUT2D eigenvalue weighted by molar-refractivity contribution is -0.130. The number of rotatable bonds is 5. The van der Waals surface area contributed by atoms with Crippen molar-refractivity contribution in [1.29, 1.82) is 0 Å². The lowest BCUT2D eigenvalue weighted by atomic mass is 10.0. The van der Waals surface area contributed by atoms with Crippen molar-refractivity contribution in [3.8, 4) is 0 Å². The zero-order chi connectivity index (χ0) is 14.7. The van der Waals surface area contributed by atoms with Gasteiger partial charge in [-0.15, -0.1) is 0 Å². The van der Waals surface area contributed by atoms with Crippen molar-refractivity contribution in [3.05, 3.63) is 0 Å². The van der Waals surface area contributed by atoms with Gasteiger partial charge in [0.2, 0.25) is 5.91 Å². The van der Waals surface area contributed by atoms with Crippen LogP contribution in [0.1, 0.15) is 19.3 Å². The van der Waals surface area contributed by atoms with Crippen LogP contribution in [-0.2, 0) is 4.79 Å². The third kappa shape index (κ3) is 3.71. The molecule has 0 N–H and O–H groups in total. The monoisotopic (exact) mass is 282 g/mol. The largest absolute Gasteiger partial charge is 0.344 e. The first kappa shape index (κ1) is 15.7. The first-order valence-corrected chi connectivity index (χ1v) is 7.83. The Balaban J connectivity index is 1.73. The topological polar surface area (TPSA) is 30.0 Å². The van der Waals surface area contributed by atoms with Crippen molar-refractivity contribution in [2.75, 3.05) is 60.9 Å². The number of amides is 1. The van der Waals surface area contributed by atoms with Crippen molar-refractivity contribution in [2.24, 2.45) is 0 Å². The number of nitrogens with zero attached hydrogens (tertiary/aromatic N) is 4. The van der Waals surface area contributed by atoms with Crippen LogP contribution in [0.15, 0.2) is 0 Å². The maximum absolute atomic E-state index is 12.0. The molecule has 5 nitrogen and oxygen atoms in total. The molecule has 2 aliphatic rings. The Morgan fingerprint density at radius 1 is 1.00 bits per heavy atom. The summed E-state index contributed by atoms with van der Waals surface area (Å²) in [7, 11) is 8.42. The molecule has 1 atom stereocenters. The van der Waals surface area contributed by atoms with E-state index in [0.29, 0.717) is 6.04 Å². The standard InChI is InChI=1S/C15H30N4O/c1-16-8-5-13(6-9-16)17(2)11-12-18(3)14-7-10-19(4)15(14)20/h13-14H,5-12H2,1-4H3. The van der Waals surface area contributed by atoms with Gasteiger partial charge in [0.25, 0.3) is 0 Å². The van der Waals surface area contributed by atoms with Crippen molar-refractivity contribution < 1.29 is 4.79 Å². The van der Waals surface area contributed by atoms with Gasteiger partial charge in [0, 0.05) is 32.7 Å². The minimum atomic E-state index is 0.103. The quantitative estimate of drug-likeness (QED) is 0.719. The highest BCUT2D eigenvalue weighted by Crippen LogP contribution is 2.16. The highest BCUT2D eigenvalue weighted by molar-refractivity contribution is 5.83. The molecular weight excluding hydrogens is 252 g/mol. The number of likely N-dealkylation sites (N-methyl/N-ethyl adjacent to an activating group) is 3. The highest BCUT2D eigenvalue weighted by atomic mass is 16.2. The smallest absolute Gasteiger partial charge is 0.239 e. The number of carbonyl (C=O) groups is 1. The summed E-state index contributed by atoms with van der Waals surface area (Å²) in [5.41, 5.74) is 0. The zero-order valence-electron chi connectivity index (χ0n) is 13.5. The van der Waals surface area contributed by atoms with Gasteiger partial charge in [0.1, 0.15) is 0 Å². The van der Waals surface area contributed by atoms with Crippen LogP contribution in [0.2, 0.25) is 0 Å². The van der Waals surface area contributed by atoms with Crippen LogP contribution < -0.4 is 0 Å². The van der Waals surface area contributed by atoms with Crippen LogP contribution in [0, 0.1) is 0 Å². The van der Waals surface area contributed by atoms with E-state index in [0.717, 1.165) is 26.1 Å². The predicted octanol–water partition coefficient (Wildman–Crippen LogP) is 0.175. The first-order chi connectivity index (χ1) is 9.49. The van der Waals surface area contributed by atoms with E-state index in [1.807, 2.05) is 11.9 Å². The van der Waals surface area contributed by atoms with Crippen LogP contribution in [0.3, 0.4) is 0 Å². The average molecular weight is 282 g/mol. The second kappa shape index (κ2) is 6.87. The van der Waals surface area contributed by atoms with E-state index in [2.05, 4.69) is 35.8 Å². The van der Waals surface area contributed by atoms with E-state index in [1.54, 1.807) is 0 Å². The Bertz CT molecular complexity index is 328. The van der Waals surface area contributed by atoms with Crippen molar-refractivity contribution >= 4 is 5.91 Å². The fourth-order valence-electron chi connectivity index (χ4n) is 3.30. The molecule has 5 heteroatoms. The molecule has 1 amide bonds. The summed E-state index contributed by atoms with van der Waals surface area (Å²) in [5, 5.41) is 0. The third-order valence-electron chi connectivity index (χ3n) is 5.05. The second-order valence-electron chi connectivity index (χ2n) is 6.56. The van der Waals surface area contributed by atoms with Crippen LogP contribution in [0.25, 0.3) is 0 Å². The molecule has 2 saturated heterocycles. The maximum Gasteiger partial charge on any atom is 0.239 e. The number of carbonyl (C=O) groups excluding carboxylic acids is 1. The summed E-state index contributed by atoms with van der Waals surface area (Å²) < 4.78 is 0. The van der Waals surface area contributed by atoms with Gasteiger partial charge >= 0.3 is 0 Å². The lowest BCUT2D eigenvalue weighted by Gasteiger charge is -2.36. The van der Waals surface area contributed by atoms with E-state index >= 15 is 0 Å². The molecule has 1 unspecified atom stereocenters. The van der Waals surface area contributed by atoms with Gasteiger partial charge in [0.15, 0.2) is 0 Å². The summed E-state index contributed by atoms with van der Waals surface area (Å²) in [6.45, 7) is 5.34. The van der Waals surface area contributed by atoms with Crippen LogP contribution >= 0.6 is 0 Å². The molecule has 0 aliphatic carbocycles. The molecule has 0 radical (unpaired) electrons. The Kier molecular flexibility index (Phi) is 5.41. The Hall–Kier alpha value is -0.650. The van der Waals surface area contributed by atoms with Gasteiger partial charge in [-0.05, 0) is 53.5 Å². The van der Waals surface area contributed by atoms with Gasteiger partial charge in [-0.25, -0.2) is 0 Å². The van der Waals surface area contributed by atoms with E-state index in [-0.39, 0.29) is 11.9 Å². The molecule has 116 valence electrons. The molecule has 0 aromatic heterocycles. The van der Waals surface area contributed by atoms with Gasteiger partial charge in [-0.2, -0.15) is 0 Å². The SMILES string of the molecule is CN1CCC(N(C)CCN(C)C2CCN(C)C2=O)CC1. The van der Waals surface area contributed by atoms with Gasteiger partial charge in [-0.3, -0.25) is 9.69 Å². The summed E-state index contributed by atoms with van der Waals surface area (Å²) >= 11 is 0. The molecule has 2 aliphatic heterocycles. The predicted molar refractivity (Wildman–Crippen MR) is 81.8 cm³/mol. The summed E-state index contributed by atoms with van der Waals surface area (Å²) in [5.74, 6) is 0.287. The summed E-state index contributed by atoms with van der Waals surface area (Å²) in [6, 6.07) is 0.812. The molecule has 0 spiro atoms. The van der Waals surface area contributed by atoms with Crippen LogP contribution in [0.4, 0.5) is 0 Å². The fourth-order valence-corrected chi connectivity index (χ4v) is 3.30. The summed E-state index contributed by atoms with van der Waals surface area (Å²) in [4.78, 5) is 21.0. The molecule has 20 heavy (non-hydrogen) atoms. The van der Waals surface area contributed by atoms with E-state index in [9.17, 15) is 4.79 Å². The number of likely N-dealkylation sites (tertiary alicyclic amines) is 2. The third-order valence-corrected chi connectivity index (χ3v) is 5.05. The minimum absolute atomic E-state index is 0.103. The molecule has 0 bridgehead atoms. The Morgan fingerprint density at radius 3 is 2.15 bits per heavy atom. The van der Waals surface area contributed by atoms with Crippen molar-refractivity contribution in [2.45, 2.75) is 31.3 Å². The molecular formula is C15H30N4O. The van der Waals surface area contributed by atoms with Gasteiger partial charge < -0.3 is 14.7 Å². The first-order valence-electron chi connectivity index (χ1n) is 7.83.